The highest BCUT2D eigenvalue weighted by Gasteiger charge is 2.27. The molecule has 2 atom stereocenters. The van der Waals surface area contributed by atoms with Gasteiger partial charge in [0.25, 0.3) is 0 Å². The molecule has 1 N–H and O–H groups in total. The van der Waals surface area contributed by atoms with Crippen LogP contribution in [-0.4, -0.2) is 23.5 Å². The van der Waals surface area contributed by atoms with Gasteiger partial charge in [0.05, 0.1) is 12.2 Å². The monoisotopic (exact) mass is 324 g/mol. The van der Waals surface area contributed by atoms with Gasteiger partial charge in [-0.15, -0.1) is 0 Å². The molecule has 1 amide bonds. The number of hydrogen-bond acceptors (Lipinski definition) is 3. The number of aromatic nitrogens is 1. The average molecular weight is 324 g/mol. The van der Waals surface area contributed by atoms with Crippen molar-refractivity contribution in [2.75, 3.05) is 6.54 Å². The molecule has 2 heterocycles. The largest absolute Gasteiger partial charge is 0.487 e. The molecule has 0 saturated carbocycles. The summed E-state index contributed by atoms with van der Waals surface area (Å²) in [6.45, 7) is 6.56. The van der Waals surface area contributed by atoms with Crippen molar-refractivity contribution < 1.29 is 9.53 Å². The molecule has 3 rings (SSSR count). The highest BCUT2D eigenvalue weighted by atomic mass is 16.5. The molecule has 0 saturated heterocycles. The second-order valence-electron chi connectivity index (χ2n) is 6.46. The Morgan fingerprint density at radius 1 is 1.38 bits per heavy atom. The summed E-state index contributed by atoms with van der Waals surface area (Å²) < 4.78 is 6.16. The Morgan fingerprint density at radius 2 is 2.21 bits per heavy atom. The van der Waals surface area contributed by atoms with Crippen molar-refractivity contribution in [2.45, 2.75) is 39.7 Å². The number of carbonyl (C=O) groups is 1. The zero-order valence-electron chi connectivity index (χ0n) is 14.5. The van der Waals surface area contributed by atoms with Gasteiger partial charge >= 0.3 is 0 Å². The lowest BCUT2D eigenvalue weighted by Crippen LogP contribution is -2.37. The number of amides is 1. The first-order valence-corrected chi connectivity index (χ1v) is 8.58. The van der Waals surface area contributed by atoms with E-state index in [1.165, 1.54) is 5.56 Å². The van der Waals surface area contributed by atoms with E-state index >= 15 is 0 Å². The van der Waals surface area contributed by atoms with Crippen LogP contribution in [-0.2, 0) is 11.2 Å². The molecular formula is C20H24N2O2. The fourth-order valence-electron chi connectivity index (χ4n) is 2.98. The van der Waals surface area contributed by atoms with Crippen LogP contribution >= 0.6 is 0 Å². The lowest BCUT2D eigenvalue weighted by atomic mass is 10.0. The molecule has 0 aliphatic carbocycles. The summed E-state index contributed by atoms with van der Waals surface area (Å²) >= 11 is 0. The Morgan fingerprint density at radius 3 is 2.96 bits per heavy atom. The third kappa shape index (κ3) is 3.28. The minimum Gasteiger partial charge on any atom is -0.487 e. The van der Waals surface area contributed by atoms with Crippen LogP contribution in [0, 0.1) is 12.8 Å². The predicted molar refractivity (Wildman–Crippen MR) is 95.0 cm³/mol. The summed E-state index contributed by atoms with van der Waals surface area (Å²) in [7, 11) is 0. The van der Waals surface area contributed by atoms with Crippen LogP contribution in [0.5, 0.6) is 5.75 Å². The molecule has 0 fully saturated rings. The van der Waals surface area contributed by atoms with Gasteiger partial charge in [0.1, 0.15) is 11.9 Å². The van der Waals surface area contributed by atoms with Gasteiger partial charge in [0.15, 0.2) is 0 Å². The number of aryl methyl sites for hydroxylation is 1. The smallest absolute Gasteiger partial charge is 0.222 e. The van der Waals surface area contributed by atoms with E-state index in [0.717, 1.165) is 35.4 Å². The van der Waals surface area contributed by atoms with Crippen molar-refractivity contribution in [2.24, 2.45) is 5.92 Å². The Kier molecular flexibility index (Phi) is 4.84. The van der Waals surface area contributed by atoms with Gasteiger partial charge in [0.2, 0.25) is 5.91 Å². The number of rotatable bonds is 5. The molecule has 1 aliphatic heterocycles. The van der Waals surface area contributed by atoms with Crippen LogP contribution < -0.4 is 10.1 Å². The SMILES string of the molecule is CC[C@@H](C)C(=O)NC[C@@H]1Cc2cccc(-c3ncccc3C)c2O1. The standard InChI is InChI=1S/C20H24N2O2/c1-4-13(2)20(23)22-12-16-11-15-8-5-9-17(19(15)24-16)18-14(3)7-6-10-21-18/h5-10,13,16H,4,11-12H2,1-3H3,(H,22,23)/t13-,16+/m1/s1. The molecule has 0 unspecified atom stereocenters. The van der Waals surface area contributed by atoms with E-state index in [1.807, 2.05) is 32.0 Å². The minimum atomic E-state index is -0.0156. The van der Waals surface area contributed by atoms with Crippen LogP contribution in [0.25, 0.3) is 11.3 Å². The summed E-state index contributed by atoms with van der Waals surface area (Å²) in [5, 5.41) is 3.00. The second kappa shape index (κ2) is 7.04. The van der Waals surface area contributed by atoms with Crippen molar-refractivity contribution in [3.05, 3.63) is 47.7 Å². The lowest BCUT2D eigenvalue weighted by molar-refractivity contribution is -0.124. The molecule has 0 spiro atoms. The van der Waals surface area contributed by atoms with Crippen molar-refractivity contribution in [3.63, 3.8) is 0 Å². The molecule has 1 aromatic carbocycles. The molecular weight excluding hydrogens is 300 g/mol. The molecule has 24 heavy (non-hydrogen) atoms. The average Bonchev–Trinajstić information content (AvgIpc) is 3.02. The van der Waals surface area contributed by atoms with Crippen LogP contribution in [0.2, 0.25) is 0 Å². The summed E-state index contributed by atoms with van der Waals surface area (Å²) in [6, 6.07) is 10.2. The van der Waals surface area contributed by atoms with Gasteiger partial charge in [0, 0.05) is 24.1 Å². The minimum absolute atomic E-state index is 0.0156. The van der Waals surface area contributed by atoms with Gasteiger partial charge in [-0.1, -0.05) is 32.0 Å². The summed E-state index contributed by atoms with van der Waals surface area (Å²) in [4.78, 5) is 16.5. The zero-order valence-corrected chi connectivity index (χ0v) is 14.5. The molecule has 1 aliphatic rings. The Hall–Kier alpha value is -2.36. The third-order valence-electron chi connectivity index (χ3n) is 4.66. The first-order valence-electron chi connectivity index (χ1n) is 8.58. The summed E-state index contributed by atoms with van der Waals surface area (Å²) in [6.07, 6.45) is 3.45. The molecule has 4 nitrogen and oxygen atoms in total. The summed E-state index contributed by atoms with van der Waals surface area (Å²) in [5.41, 5.74) is 4.29. The quantitative estimate of drug-likeness (QED) is 0.915. The highest BCUT2D eigenvalue weighted by molar-refractivity contribution is 5.78. The fourth-order valence-corrected chi connectivity index (χ4v) is 2.98. The number of fused-ring (bicyclic) bond motifs is 1. The van der Waals surface area contributed by atoms with Crippen LogP contribution in [0.3, 0.4) is 0 Å². The number of nitrogens with one attached hydrogen (secondary N) is 1. The van der Waals surface area contributed by atoms with E-state index in [4.69, 9.17) is 4.74 Å². The van der Waals surface area contributed by atoms with Crippen molar-refractivity contribution in [3.8, 4) is 17.0 Å². The molecule has 2 aromatic rings. The third-order valence-corrected chi connectivity index (χ3v) is 4.66. The van der Waals surface area contributed by atoms with Gasteiger partial charge < -0.3 is 10.1 Å². The number of pyridine rings is 1. The lowest BCUT2D eigenvalue weighted by Gasteiger charge is -2.15. The first-order chi connectivity index (χ1) is 11.6. The number of benzene rings is 1. The Bertz CT molecular complexity index is 742. The zero-order chi connectivity index (χ0) is 17.1. The van der Waals surface area contributed by atoms with Gasteiger partial charge in [-0.25, -0.2) is 0 Å². The maximum atomic E-state index is 12.0. The predicted octanol–water partition coefficient (Wildman–Crippen LogP) is 3.52. The Labute approximate surface area is 143 Å². The van der Waals surface area contributed by atoms with Crippen LogP contribution in [0.1, 0.15) is 31.4 Å². The number of hydrogen-bond donors (Lipinski definition) is 1. The fraction of sp³-hybridized carbons (Fsp3) is 0.400. The molecule has 4 heteroatoms. The van der Waals surface area contributed by atoms with Crippen LogP contribution in [0.4, 0.5) is 0 Å². The first kappa shape index (κ1) is 16.5. The maximum Gasteiger partial charge on any atom is 0.222 e. The van der Waals surface area contributed by atoms with E-state index in [1.54, 1.807) is 6.20 Å². The number of ether oxygens (including phenoxy) is 1. The van der Waals surface area contributed by atoms with Gasteiger partial charge in [-0.2, -0.15) is 0 Å². The number of para-hydroxylation sites is 1. The van der Waals surface area contributed by atoms with Crippen molar-refractivity contribution in [1.29, 1.82) is 0 Å². The molecule has 126 valence electrons. The second-order valence-corrected chi connectivity index (χ2v) is 6.46. The number of nitrogens with zero attached hydrogens (tertiary/aromatic N) is 1. The highest BCUT2D eigenvalue weighted by Crippen LogP contribution is 2.38. The van der Waals surface area contributed by atoms with Gasteiger partial charge in [-0.3, -0.25) is 9.78 Å². The van der Waals surface area contributed by atoms with Crippen LogP contribution in [0.15, 0.2) is 36.5 Å². The summed E-state index contributed by atoms with van der Waals surface area (Å²) in [5.74, 6) is 1.04. The van der Waals surface area contributed by atoms with Crippen molar-refractivity contribution >= 4 is 5.91 Å². The molecule has 0 bridgehead atoms. The van der Waals surface area contributed by atoms with Gasteiger partial charge in [-0.05, 0) is 36.6 Å². The van der Waals surface area contributed by atoms with Crippen molar-refractivity contribution in [1.82, 2.24) is 10.3 Å². The van der Waals surface area contributed by atoms with E-state index in [-0.39, 0.29) is 17.9 Å². The van der Waals surface area contributed by atoms with E-state index in [2.05, 4.69) is 29.4 Å². The van der Waals surface area contributed by atoms with E-state index < -0.39 is 0 Å². The van der Waals surface area contributed by atoms with E-state index in [0.29, 0.717) is 6.54 Å². The molecule has 1 aromatic heterocycles. The topological polar surface area (TPSA) is 51.2 Å². The van der Waals surface area contributed by atoms with E-state index in [9.17, 15) is 4.79 Å². The normalized spacial score (nSPS) is 17.0. The maximum absolute atomic E-state index is 12.0. The Balaban J connectivity index is 1.75. The number of carbonyl (C=O) groups excluding carboxylic acids is 1. The molecule has 0 radical (unpaired) electrons.